The zero-order valence-electron chi connectivity index (χ0n) is 14.2. The van der Waals surface area contributed by atoms with Crippen LogP contribution < -0.4 is 4.90 Å². The molecule has 0 saturated carbocycles. The van der Waals surface area contributed by atoms with Crippen molar-refractivity contribution >= 4 is 34.7 Å². The number of carbonyl (C=O) groups is 1. The van der Waals surface area contributed by atoms with Gasteiger partial charge in [-0.15, -0.1) is 21.5 Å². The summed E-state index contributed by atoms with van der Waals surface area (Å²) in [5.74, 6) is 1.53. The normalized spacial score (nSPS) is 14.7. The van der Waals surface area contributed by atoms with Crippen molar-refractivity contribution in [1.29, 1.82) is 0 Å². The molecule has 134 valence electrons. The van der Waals surface area contributed by atoms with Gasteiger partial charge in [-0.1, -0.05) is 11.6 Å². The number of carbonyl (C=O) groups excluding carboxylic acids is 1. The minimum atomic E-state index is 0.0389. The Labute approximate surface area is 159 Å². The maximum absolute atomic E-state index is 12.5. The predicted molar refractivity (Wildman–Crippen MR) is 101 cm³/mol. The Hall–Kier alpha value is -2.45. The van der Waals surface area contributed by atoms with Gasteiger partial charge >= 0.3 is 0 Å². The highest BCUT2D eigenvalue weighted by Crippen LogP contribution is 2.23. The molecule has 0 spiro atoms. The van der Waals surface area contributed by atoms with Crippen LogP contribution in [0, 0.1) is 6.92 Å². The Kier molecular flexibility index (Phi) is 4.60. The van der Waals surface area contributed by atoms with Crippen LogP contribution in [0.2, 0.25) is 4.34 Å². The third-order valence-corrected chi connectivity index (χ3v) is 5.49. The third kappa shape index (κ3) is 3.42. The van der Waals surface area contributed by atoms with Gasteiger partial charge in [0.2, 0.25) is 0 Å². The zero-order chi connectivity index (χ0) is 18.1. The first-order valence-electron chi connectivity index (χ1n) is 8.26. The first-order valence-corrected chi connectivity index (χ1v) is 9.45. The zero-order valence-corrected chi connectivity index (χ0v) is 15.7. The average Bonchev–Trinajstić information content (AvgIpc) is 3.30. The topological polar surface area (TPSA) is 67.2 Å². The Morgan fingerprint density at radius 3 is 2.35 bits per heavy atom. The van der Waals surface area contributed by atoms with E-state index < -0.39 is 0 Å². The highest BCUT2D eigenvalue weighted by molar-refractivity contribution is 7.17. The van der Waals surface area contributed by atoms with E-state index in [1.165, 1.54) is 11.3 Å². The Bertz CT molecular complexity index is 913. The molecule has 4 heterocycles. The molecule has 1 fully saturated rings. The summed E-state index contributed by atoms with van der Waals surface area (Å²) in [5.41, 5.74) is 0.934. The first kappa shape index (κ1) is 17.0. The molecule has 1 aliphatic rings. The fraction of sp³-hybridized carbons (Fsp3) is 0.294. The molecule has 3 aromatic rings. The van der Waals surface area contributed by atoms with Crippen molar-refractivity contribution in [2.45, 2.75) is 6.92 Å². The van der Waals surface area contributed by atoms with Crippen molar-refractivity contribution in [2.75, 3.05) is 31.1 Å². The molecule has 0 aromatic carbocycles. The quantitative estimate of drug-likeness (QED) is 0.690. The van der Waals surface area contributed by atoms with Gasteiger partial charge < -0.3 is 9.80 Å². The first-order chi connectivity index (χ1) is 12.6. The van der Waals surface area contributed by atoms with Gasteiger partial charge in [0.25, 0.3) is 5.91 Å². The van der Waals surface area contributed by atoms with E-state index in [1.807, 2.05) is 36.2 Å². The van der Waals surface area contributed by atoms with Crippen molar-refractivity contribution < 1.29 is 4.79 Å². The lowest BCUT2D eigenvalue weighted by atomic mass is 10.3. The molecule has 0 aliphatic carbocycles. The van der Waals surface area contributed by atoms with E-state index >= 15 is 0 Å². The number of aryl methyl sites for hydroxylation is 1. The fourth-order valence-corrected chi connectivity index (χ4v) is 3.89. The number of rotatable bonds is 3. The second-order valence-electron chi connectivity index (χ2n) is 6.03. The number of halogens is 1. The van der Waals surface area contributed by atoms with E-state index in [4.69, 9.17) is 11.6 Å². The molecule has 26 heavy (non-hydrogen) atoms. The smallest absolute Gasteiger partial charge is 0.264 e. The predicted octanol–water partition coefficient (Wildman–Crippen LogP) is 2.65. The molecular weight excluding hydrogens is 372 g/mol. The van der Waals surface area contributed by atoms with E-state index in [2.05, 4.69) is 20.2 Å². The summed E-state index contributed by atoms with van der Waals surface area (Å²) < 4.78 is 2.34. The second-order valence-corrected chi connectivity index (χ2v) is 7.75. The summed E-state index contributed by atoms with van der Waals surface area (Å²) in [4.78, 5) is 17.2. The van der Waals surface area contributed by atoms with E-state index in [-0.39, 0.29) is 5.91 Å². The average molecular weight is 389 g/mol. The highest BCUT2D eigenvalue weighted by Gasteiger charge is 2.24. The molecule has 4 rings (SSSR count). The minimum absolute atomic E-state index is 0.0389. The summed E-state index contributed by atoms with van der Waals surface area (Å²) in [6.45, 7) is 4.68. The maximum atomic E-state index is 12.5. The SMILES string of the molecule is Cc1ccn(-c2ccc(N3CCN(C(=O)c4ccc(Cl)s4)CC3)nn2)n1. The van der Waals surface area contributed by atoms with Crippen LogP contribution in [0.5, 0.6) is 0 Å². The summed E-state index contributed by atoms with van der Waals surface area (Å²) in [6, 6.07) is 9.30. The van der Waals surface area contributed by atoms with Crippen molar-refractivity contribution in [2.24, 2.45) is 0 Å². The van der Waals surface area contributed by atoms with Crippen molar-refractivity contribution in [3.05, 3.63) is 51.4 Å². The van der Waals surface area contributed by atoms with E-state index in [9.17, 15) is 4.79 Å². The molecule has 0 atom stereocenters. The summed E-state index contributed by atoms with van der Waals surface area (Å²) in [6.07, 6.45) is 1.86. The number of nitrogens with zero attached hydrogens (tertiary/aromatic N) is 6. The number of aromatic nitrogens is 4. The van der Waals surface area contributed by atoms with Gasteiger partial charge in [-0.3, -0.25) is 4.79 Å². The van der Waals surface area contributed by atoms with E-state index in [0.29, 0.717) is 28.1 Å². The number of anilines is 1. The van der Waals surface area contributed by atoms with Gasteiger partial charge in [-0.05, 0) is 37.3 Å². The van der Waals surface area contributed by atoms with Crippen molar-refractivity contribution in [3.8, 4) is 5.82 Å². The highest BCUT2D eigenvalue weighted by atomic mass is 35.5. The molecule has 9 heteroatoms. The van der Waals surface area contributed by atoms with Gasteiger partial charge in [-0.2, -0.15) is 5.10 Å². The van der Waals surface area contributed by atoms with Crippen LogP contribution in [0.3, 0.4) is 0 Å². The lowest BCUT2D eigenvalue weighted by Crippen LogP contribution is -2.49. The van der Waals surface area contributed by atoms with Crippen LogP contribution in [-0.4, -0.2) is 57.0 Å². The molecule has 3 aromatic heterocycles. The van der Waals surface area contributed by atoms with Crippen LogP contribution >= 0.6 is 22.9 Å². The molecular formula is C17H17ClN6OS. The van der Waals surface area contributed by atoms with Crippen LogP contribution in [-0.2, 0) is 0 Å². The van der Waals surface area contributed by atoms with Crippen molar-refractivity contribution in [3.63, 3.8) is 0 Å². The van der Waals surface area contributed by atoms with Crippen LogP contribution in [0.1, 0.15) is 15.4 Å². The summed E-state index contributed by atoms with van der Waals surface area (Å²) in [7, 11) is 0. The standard InChI is InChI=1S/C17H17ClN6OS/c1-12-6-7-24(21-12)16-5-4-15(19-20-16)22-8-10-23(11-9-22)17(25)13-2-3-14(18)26-13/h2-7H,8-11H2,1H3. The lowest BCUT2D eigenvalue weighted by molar-refractivity contribution is 0.0751. The summed E-state index contributed by atoms with van der Waals surface area (Å²) in [5, 5.41) is 12.9. The van der Waals surface area contributed by atoms with Gasteiger partial charge in [0, 0.05) is 32.4 Å². The Morgan fingerprint density at radius 2 is 1.77 bits per heavy atom. The largest absolute Gasteiger partial charge is 0.352 e. The molecule has 0 radical (unpaired) electrons. The van der Waals surface area contributed by atoms with Crippen LogP contribution in [0.4, 0.5) is 5.82 Å². The third-order valence-electron chi connectivity index (χ3n) is 4.27. The van der Waals surface area contributed by atoms with Gasteiger partial charge in [0.05, 0.1) is 14.9 Å². The number of amides is 1. The molecule has 0 N–H and O–H groups in total. The number of thiophene rings is 1. The van der Waals surface area contributed by atoms with E-state index in [0.717, 1.165) is 24.6 Å². The van der Waals surface area contributed by atoms with Crippen molar-refractivity contribution in [1.82, 2.24) is 24.9 Å². The monoisotopic (exact) mass is 388 g/mol. The molecule has 1 saturated heterocycles. The minimum Gasteiger partial charge on any atom is -0.352 e. The van der Waals surface area contributed by atoms with Gasteiger partial charge in [0.15, 0.2) is 11.6 Å². The van der Waals surface area contributed by atoms with E-state index in [1.54, 1.807) is 16.8 Å². The second kappa shape index (κ2) is 7.05. The van der Waals surface area contributed by atoms with Gasteiger partial charge in [0.1, 0.15) is 0 Å². The van der Waals surface area contributed by atoms with Gasteiger partial charge in [-0.25, -0.2) is 4.68 Å². The molecule has 7 nitrogen and oxygen atoms in total. The molecule has 0 unspecified atom stereocenters. The van der Waals surface area contributed by atoms with Crippen LogP contribution in [0.15, 0.2) is 36.5 Å². The molecule has 1 amide bonds. The van der Waals surface area contributed by atoms with Crippen LogP contribution in [0.25, 0.3) is 5.82 Å². The summed E-state index contributed by atoms with van der Waals surface area (Å²) >= 11 is 7.24. The number of piperazine rings is 1. The number of hydrogen-bond donors (Lipinski definition) is 0. The number of hydrogen-bond acceptors (Lipinski definition) is 6. The Balaban J connectivity index is 1.39. The Morgan fingerprint density at radius 1 is 1.04 bits per heavy atom. The fourth-order valence-electron chi connectivity index (χ4n) is 2.88. The molecule has 1 aliphatic heterocycles. The maximum Gasteiger partial charge on any atom is 0.264 e. The molecule has 0 bridgehead atoms. The lowest BCUT2D eigenvalue weighted by Gasteiger charge is -2.35.